The molecule has 16 heavy (non-hydrogen) atoms. The summed E-state index contributed by atoms with van der Waals surface area (Å²) in [5, 5.41) is 0. The molecule has 0 spiro atoms. The molecule has 88 valence electrons. The molecule has 0 aliphatic carbocycles. The normalized spacial score (nSPS) is 14.6. The fourth-order valence-electron chi connectivity index (χ4n) is 1.55. The first-order valence-electron chi connectivity index (χ1n) is 5.56. The molecule has 0 fully saturated rings. The topological polar surface area (TPSA) is 21.7 Å². The van der Waals surface area contributed by atoms with Gasteiger partial charge in [-0.05, 0) is 45.5 Å². The van der Waals surface area contributed by atoms with Crippen molar-refractivity contribution in [3.63, 3.8) is 0 Å². The maximum Gasteiger partial charge on any atom is 0.231 e. The van der Waals surface area contributed by atoms with Crippen molar-refractivity contribution >= 4 is 0 Å². The summed E-state index contributed by atoms with van der Waals surface area (Å²) in [4.78, 5) is 2.31. The Bertz CT molecular complexity index is 382. The predicted molar refractivity (Wildman–Crippen MR) is 63.8 cm³/mol. The molecule has 0 saturated carbocycles. The maximum atomic E-state index is 5.37. The van der Waals surface area contributed by atoms with Gasteiger partial charge in [0.2, 0.25) is 6.79 Å². The van der Waals surface area contributed by atoms with E-state index < -0.39 is 0 Å². The number of rotatable bonds is 2. The van der Waals surface area contributed by atoms with Gasteiger partial charge >= 0.3 is 0 Å². The van der Waals surface area contributed by atoms with Crippen LogP contribution in [0.25, 0.3) is 0 Å². The molecule has 0 radical (unpaired) electrons. The number of nitrogens with zero attached hydrogens (tertiary/aromatic N) is 1. The van der Waals surface area contributed by atoms with Crippen molar-refractivity contribution in [3.05, 3.63) is 23.8 Å². The van der Waals surface area contributed by atoms with E-state index in [1.54, 1.807) is 0 Å². The molecule has 0 saturated heterocycles. The van der Waals surface area contributed by atoms with Gasteiger partial charge in [-0.15, -0.1) is 0 Å². The van der Waals surface area contributed by atoms with Crippen LogP contribution in [0.15, 0.2) is 18.2 Å². The van der Waals surface area contributed by atoms with Crippen molar-refractivity contribution < 1.29 is 9.47 Å². The predicted octanol–water partition coefficient (Wildman–Crippen LogP) is 2.65. The number of hydrogen-bond donors (Lipinski definition) is 0. The standard InChI is InChI=1S/C13H19NO2/c1-13(2,3)14(4)8-10-5-6-11-12(7-10)16-9-15-11/h5-7H,8-9H2,1-4H3. The molecule has 0 N–H and O–H groups in total. The molecular weight excluding hydrogens is 202 g/mol. The van der Waals surface area contributed by atoms with Gasteiger partial charge in [0, 0.05) is 12.1 Å². The summed E-state index contributed by atoms with van der Waals surface area (Å²) in [6.07, 6.45) is 0. The van der Waals surface area contributed by atoms with Crippen LogP contribution in [0, 0.1) is 0 Å². The van der Waals surface area contributed by atoms with Gasteiger partial charge in [0.15, 0.2) is 11.5 Å². The summed E-state index contributed by atoms with van der Waals surface area (Å²) >= 11 is 0. The highest BCUT2D eigenvalue weighted by molar-refractivity contribution is 5.44. The highest BCUT2D eigenvalue weighted by Gasteiger charge is 2.18. The van der Waals surface area contributed by atoms with Crippen LogP contribution >= 0.6 is 0 Å². The summed E-state index contributed by atoms with van der Waals surface area (Å²) in [6, 6.07) is 6.13. The molecule has 0 amide bonds. The van der Waals surface area contributed by atoms with Crippen molar-refractivity contribution in [1.29, 1.82) is 0 Å². The summed E-state index contributed by atoms with van der Waals surface area (Å²) in [6.45, 7) is 7.88. The van der Waals surface area contributed by atoms with E-state index in [1.807, 2.05) is 6.07 Å². The van der Waals surface area contributed by atoms with E-state index in [0.29, 0.717) is 6.79 Å². The van der Waals surface area contributed by atoms with Gasteiger partial charge < -0.3 is 9.47 Å². The zero-order valence-corrected chi connectivity index (χ0v) is 10.4. The van der Waals surface area contributed by atoms with E-state index in [2.05, 4.69) is 44.9 Å². The number of ether oxygens (including phenoxy) is 2. The molecule has 1 aromatic carbocycles. The van der Waals surface area contributed by atoms with E-state index in [4.69, 9.17) is 9.47 Å². The van der Waals surface area contributed by atoms with Crippen LogP contribution in [0.4, 0.5) is 0 Å². The van der Waals surface area contributed by atoms with Gasteiger partial charge in [0.25, 0.3) is 0 Å². The molecule has 1 aliphatic heterocycles. The molecule has 1 heterocycles. The van der Waals surface area contributed by atoms with Gasteiger partial charge in [-0.2, -0.15) is 0 Å². The van der Waals surface area contributed by atoms with Crippen LogP contribution in [0.5, 0.6) is 11.5 Å². The van der Waals surface area contributed by atoms with Crippen molar-refractivity contribution in [3.8, 4) is 11.5 Å². The van der Waals surface area contributed by atoms with E-state index in [9.17, 15) is 0 Å². The fraction of sp³-hybridized carbons (Fsp3) is 0.538. The van der Waals surface area contributed by atoms with Gasteiger partial charge in [-0.3, -0.25) is 4.90 Å². The van der Waals surface area contributed by atoms with E-state index >= 15 is 0 Å². The number of fused-ring (bicyclic) bond motifs is 1. The molecule has 1 aliphatic rings. The molecule has 2 rings (SSSR count). The Kier molecular flexibility index (Phi) is 2.80. The monoisotopic (exact) mass is 221 g/mol. The summed E-state index contributed by atoms with van der Waals surface area (Å²) in [5.74, 6) is 1.71. The van der Waals surface area contributed by atoms with Crippen molar-refractivity contribution in [2.45, 2.75) is 32.9 Å². The van der Waals surface area contributed by atoms with Crippen LogP contribution in [-0.2, 0) is 6.54 Å². The van der Waals surface area contributed by atoms with E-state index in [0.717, 1.165) is 18.0 Å². The summed E-state index contributed by atoms with van der Waals surface area (Å²) in [7, 11) is 2.13. The zero-order valence-electron chi connectivity index (χ0n) is 10.4. The number of benzene rings is 1. The minimum absolute atomic E-state index is 0.177. The second-order valence-electron chi connectivity index (χ2n) is 5.21. The molecule has 0 unspecified atom stereocenters. The second kappa shape index (κ2) is 3.98. The van der Waals surface area contributed by atoms with E-state index in [-0.39, 0.29) is 5.54 Å². The largest absolute Gasteiger partial charge is 0.454 e. The van der Waals surface area contributed by atoms with E-state index in [1.165, 1.54) is 5.56 Å². The molecule has 3 nitrogen and oxygen atoms in total. The third-order valence-electron chi connectivity index (χ3n) is 3.00. The number of hydrogen-bond acceptors (Lipinski definition) is 3. The molecule has 3 heteroatoms. The quantitative estimate of drug-likeness (QED) is 0.766. The van der Waals surface area contributed by atoms with Crippen LogP contribution in [0.3, 0.4) is 0 Å². The Morgan fingerprint density at radius 2 is 1.88 bits per heavy atom. The Hall–Kier alpha value is -1.22. The highest BCUT2D eigenvalue weighted by Crippen LogP contribution is 2.33. The Morgan fingerprint density at radius 1 is 1.19 bits per heavy atom. The fourth-order valence-corrected chi connectivity index (χ4v) is 1.55. The molecule has 0 aromatic heterocycles. The van der Waals surface area contributed by atoms with Gasteiger partial charge in [0.1, 0.15) is 0 Å². The zero-order chi connectivity index (χ0) is 11.8. The minimum Gasteiger partial charge on any atom is -0.454 e. The first-order chi connectivity index (χ1) is 7.47. The summed E-state index contributed by atoms with van der Waals surface area (Å²) < 4.78 is 10.7. The third kappa shape index (κ3) is 2.30. The van der Waals surface area contributed by atoms with Crippen LogP contribution < -0.4 is 9.47 Å². The summed E-state index contributed by atoms with van der Waals surface area (Å²) in [5.41, 5.74) is 1.43. The average molecular weight is 221 g/mol. The average Bonchev–Trinajstić information content (AvgIpc) is 2.63. The molecule has 1 aromatic rings. The first-order valence-corrected chi connectivity index (χ1v) is 5.56. The lowest BCUT2D eigenvalue weighted by Crippen LogP contribution is -2.37. The van der Waals surface area contributed by atoms with Gasteiger partial charge in [0.05, 0.1) is 0 Å². The van der Waals surface area contributed by atoms with Crippen molar-refractivity contribution in [2.24, 2.45) is 0 Å². The molecule has 0 bridgehead atoms. The smallest absolute Gasteiger partial charge is 0.231 e. The first kappa shape index (κ1) is 11.3. The Morgan fingerprint density at radius 3 is 2.56 bits per heavy atom. The SMILES string of the molecule is CN(Cc1ccc2c(c1)OCO2)C(C)(C)C. The lowest BCUT2D eigenvalue weighted by molar-refractivity contribution is 0.166. The van der Waals surface area contributed by atoms with Gasteiger partial charge in [-0.1, -0.05) is 6.07 Å². The molecular formula is C13H19NO2. The Labute approximate surface area is 97.0 Å². The van der Waals surface area contributed by atoms with Crippen LogP contribution in [-0.4, -0.2) is 24.3 Å². The molecule has 0 atom stereocenters. The lowest BCUT2D eigenvalue weighted by atomic mass is 10.1. The van der Waals surface area contributed by atoms with Crippen molar-refractivity contribution in [2.75, 3.05) is 13.8 Å². The maximum absolute atomic E-state index is 5.37. The highest BCUT2D eigenvalue weighted by atomic mass is 16.7. The van der Waals surface area contributed by atoms with Gasteiger partial charge in [-0.25, -0.2) is 0 Å². The lowest BCUT2D eigenvalue weighted by Gasteiger charge is -2.31. The second-order valence-corrected chi connectivity index (χ2v) is 5.21. The van der Waals surface area contributed by atoms with Crippen LogP contribution in [0.1, 0.15) is 26.3 Å². The minimum atomic E-state index is 0.177. The Balaban J connectivity index is 2.11. The van der Waals surface area contributed by atoms with Crippen molar-refractivity contribution in [1.82, 2.24) is 4.90 Å². The van der Waals surface area contributed by atoms with Crippen LogP contribution in [0.2, 0.25) is 0 Å². The third-order valence-corrected chi connectivity index (χ3v) is 3.00.